The molecule has 0 amide bonds. The van der Waals surface area contributed by atoms with Crippen LogP contribution in [0.15, 0.2) is 17.8 Å². The Morgan fingerprint density at radius 2 is 2.18 bits per heavy atom. The summed E-state index contributed by atoms with van der Waals surface area (Å²) in [5.74, 6) is 0.736. The standard InChI is InChI=1S/C13H21N3S/c1-4-10(5-2)12(14-3)8-11-9-16-6-7-17-13(16)15-11/h6-7,9-10,12,14H,4-5,8H2,1-3H3. The molecule has 2 heterocycles. The number of aromatic nitrogens is 2. The van der Waals surface area contributed by atoms with E-state index in [0.29, 0.717) is 6.04 Å². The molecule has 94 valence electrons. The zero-order chi connectivity index (χ0) is 12.3. The van der Waals surface area contributed by atoms with Crippen molar-refractivity contribution in [3.63, 3.8) is 0 Å². The minimum atomic E-state index is 0.537. The van der Waals surface area contributed by atoms with Crippen LogP contribution in [0.3, 0.4) is 0 Å². The number of thiazole rings is 1. The third-order valence-electron chi connectivity index (χ3n) is 3.56. The molecule has 0 aromatic carbocycles. The summed E-state index contributed by atoms with van der Waals surface area (Å²) in [6, 6.07) is 0.537. The van der Waals surface area contributed by atoms with Crippen molar-refractivity contribution in [2.45, 2.75) is 39.2 Å². The molecule has 0 aliphatic heterocycles. The Bertz CT molecular complexity index is 427. The van der Waals surface area contributed by atoms with Gasteiger partial charge in [-0.15, -0.1) is 11.3 Å². The van der Waals surface area contributed by atoms with Crippen molar-refractivity contribution < 1.29 is 0 Å². The summed E-state index contributed by atoms with van der Waals surface area (Å²) in [5.41, 5.74) is 1.20. The van der Waals surface area contributed by atoms with E-state index in [4.69, 9.17) is 0 Å². The maximum atomic E-state index is 4.65. The molecule has 0 fully saturated rings. The Kier molecular flexibility index (Phi) is 4.18. The van der Waals surface area contributed by atoms with Crippen molar-refractivity contribution >= 4 is 16.3 Å². The molecule has 3 nitrogen and oxygen atoms in total. The molecule has 1 N–H and O–H groups in total. The molecular weight excluding hydrogens is 230 g/mol. The summed E-state index contributed by atoms with van der Waals surface area (Å²) in [5, 5.41) is 5.52. The highest BCUT2D eigenvalue weighted by Crippen LogP contribution is 2.18. The molecule has 17 heavy (non-hydrogen) atoms. The van der Waals surface area contributed by atoms with Gasteiger partial charge in [-0.3, -0.25) is 4.40 Å². The van der Waals surface area contributed by atoms with Crippen molar-refractivity contribution in [1.29, 1.82) is 0 Å². The average molecular weight is 251 g/mol. The van der Waals surface area contributed by atoms with Gasteiger partial charge < -0.3 is 5.32 Å². The minimum absolute atomic E-state index is 0.537. The van der Waals surface area contributed by atoms with Crippen molar-refractivity contribution in [2.75, 3.05) is 7.05 Å². The fourth-order valence-electron chi connectivity index (χ4n) is 2.46. The highest BCUT2D eigenvalue weighted by Gasteiger charge is 2.18. The van der Waals surface area contributed by atoms with Crippen molar-refractivity contribution in [3.05, 3.63) is 23.5 Å². The Hall–Kier alpha value is -0.870. The fraction of sp³-hybridized carbons (Fsp3) is 0.615. The van der Waals surface area contributed by atoms with Crippen LogP contribution in [-0.4, -0.2) is 22.5 Å². The lowest BCUT2D eigenvalue weighted by Gasteiger charge is -2.24. The predicted octanol–water partition coefficient (Wildman–Crippen LogP) is 2.96. The number of hydrogen-bond acceptors (Lipinski definition) is 3. The van der Waals surface area contributed by atoms with Gasteiger partial charge in [-0.25, -0.2) is 4.98 Å². The van der Waals surface area contributed by atoms with Gasteiger partial charge in [0.1, 0.15) is 0 Å². The van der Waals surface area contributed by atoms with Crippen LogP contribution in [0.2, 0.25) is 0 Å². The number of likely N-dealkylation sites (N-methyl/N-ethyl adjacent to an activating group) is 1. The van der Waals surface area contributed by atoms with Crippen LogP contribution in [0.4, 0.5) is 0 Å². The van der Waals surface area contributed by atoms with Crippen LogP contribution in [0.5, 0.6) is 0 Å². The second kappa shape index (κ2) is 5.65. The van der Waals surface area contributed by atoms with Crippen LogP contribution in [0.1, 0.15) is 32.4 Å². The first-order valence-corrected chi connectivity index (χ1v) is 7.24. The van der Waals surface area contributed by atoms with E-state index >= 15 is 0 Å². The van der Waals surface area contributed by atoms with E-state index in [9.17, 15) is 0 Å². The third-order valence-corrected chi connectivity index (χ3v) is 4.33. The molecule has 4 heteroatoms. The summed E-state index contributed by atoms with van der Waals surface area (Å²) < 4.78 is 2.11. The average Bonchev–Trinajstić information content (AvgIpc) is 2.89. The first-order chi connectivity index (χ1) is 8.28. The second-order valence-electron chi connectivity index (χ2n) is 4.50. The number of hydrogen-bond donors (Lipinski definition) is 1. The Balaban J connectivity index is 2.10. The summed E-state index contributed by atoms with van der Waals surface area (Å²) >= 11 is 1.69. The quantitative estimate of drug-likeness (QED) is 0.855. The Morgan fingerprint density at radius 3 is 2.76 bits per heavy atom. The van der Waals surface area contributed by atoms with Gasteiger partial charge in [-0.1, -0.05) is 26.7 Å². The van der Waals surface area contributed by atoms with Gasteiger partial charge in [0.05, 0.1) is 5.69 Å². The zero-order valence-electron chi connectivity index (χ0n) is 10.8. The third kappa shape index (κ3) is 2.69. The monoisotopic (exact) mass is 251 g/mol. The summed E-state index contributed by atoms with van der Waals surface area (Å²) in [4.78, 5) is 5.75. The lowest BCUT2D eigenvalue weighted by atomic mass is 9.91. The first-order valence-electron chi connectivity index (χ1n) is 6.36. The van der Waals surface area contributed by atoms with Gasteiger partial charge in [-0.2, -0.15) is 0 Å². The molecule has 1 unspecified atom stereocenters. The maximum absolute atomic E-state index is 4.65. The molecule has 0 bridgehead atoms. The summed E-state index contributed by atoms with van der Waals surface area (Å²) in [6.07, 6.45) is 7.70. The van der Waals surface area contributed by atoms with Crippen molar-refractivity contribution in [2.24, 2.45) is 5.92 Å². The van der Waals surface area contributed by atoms with E-state index in [2.05, 4.69) is 53.4 Å². The van der Waals surface area contributed by atoms with Crippen LogP contribution in [0, 0.1) is 5.92 Å². The van der Waals surface area contributed by atoms with E-state index in [0.717, 1.165) is 17.3 Å². The van der Waals surface area contributed by atoms with Gasteiger partial charge in [-0.05, 0) is 13.0 Å². The molecule has 2 rings (SSSR count). The smallest absolute Gasteiger partial charge is 0.193 e. The van der Waals surface area contributed by atoms with Crippen LogP contribution in [0.25, 0.3) is 4.96 Å². The van der Waals surface area contributed by atoms with E-state index < -0.39 is 0 Å². The molecule has 2 aromatic rings. The number of imidazole rings is 1. The molecular formula is C13H21N3S. The molecule has 0 aliphatic carbocycles. The molecule has 0 radical (unpaired) electrons. The number of nitrogens with zero attached hydrogens (tertiary/aromatic N) is 2. The topological polar surface area (TPSA) is 29.3 Å². The molecule has 0 spiro atoms. The summed E-state index contributed by atoms with van der Waals surface area (Å²) in [7, 11) is 2.06. The van der Waals surface area contributed by atoms with E-state index in [1.54, 1.807) is 11.3 Å². The predicted molar refractivity (Wildman–Crippen MR) is 73.7 cm³/mol. The van der Waals surface area contributed by atoms with Gasteiger partial charge in [0, 0.05) is 30.2 Å². The number of fused-ring (bicyclic) bond motifs is 1. The van der Waals surface area contributed by atoms with Gasteiger partial charge in [0.2, 0.25) is 0 Å². The number of nitrogens with one attached hydrogen (secondary N) is 1. The number of rotatable bonds is 6. The second-order valence-corrected chi connectivity index (χ2v) is 5.37. The largest absolute Gasteiger partial charge is 0.316 e. The lowest BCUT2D eigenvalue weighted by Crippen LogP contribution is -2.35. The van der Waals surface area contributed by atoms with E-state index in [1.165, 1.54) is 18.5 Å². The SMILES string of the molecule is CCC(CC)C(Cc1cn2ccsc2n1)NC. The molecule has 2 aromatic heterocycles. The summed E-state index contributed by atoms with van der Waals surface area (Å²) in [6.45, 7) is 4.54. The zero-order valence-corrected chi connectivity index (χ0v) is 11.6. The molecule has 0 aliphatic rings. The van der Waals surface area contributed by atoms with Crippen LogP contribution < -0.4 is 5.32 Å². The normalized spacial score (nSPS) is 13.6. The van der Waals surface area contributed by atoms with Gasteiger partial charge in [0.25, 0.3) is 0 Å². The molecule has 0 saturated carbocycles. The Labute approximate surface area is 107 Å². The van der Waals surface area contributed by atoms with Gasteiger partial charge >= 0.3 is 0 Å². The van der Waals surface area contributed by atoms with E-state index in [1.807, 2.05) is 0 Å². The van der Waals surface area contributed by atoms with E-state index in [-0.39, 0.29) is 0 Å². The highest BCUT2D eigenvalue weighted by molar-refractivity contribution is 7.15. The maximum Gasteiger partial charge on any atom is 0.193 e. The van der Waals surface area contributed by atoms with Gasteiger partial charge in [0.15, 0.2) is 4.96 Å². The molecule has 1 atom stereocenters. The minimum Gasteiger partial charge on any atom is -0.316 e. The van der Waals surface area contributed by atoms with Crippen molar-refractivity contribution in [1.82, 2.24) is 14.7 Å². The first kappa shape index (κ1) is 12.6. The molecule has 0 saturated heterocycles. The van der Waals surface area contributed by atoms with Crippen molar-refractivity contribution in [3.8, 4) is 0 Å². The fourth-order valence-corrected chi connectivity index (χ4v) is 3.18. The van der Waals surface area contributed by atoms with Crippen LogP contribution in [-0.2, 0) is 6.42 Å². The highest BCUT2D eigenvalue weighted by atomic mass is 32.1. The lowest BCUT2D eigenvalue weighted by molar-refractivity contribution is 0.347. The Morgan fingerprint density at radius 1 is 1.41 bits per heavy atom. The van der Waals surface area contributed by atoms with Crippen LogP contribution >= 0.6 is 11.3 Å².